The topological polar surface area (TPSA) is 64.3 Å². The molecule has 5 heteroatoms. The van der Waals surface area contributed by atoms with Gasteiger partial charge in [-0.15, -0.1) is 0 Å². The zero-order valence-electron chi connectivity index (χ0n) is 11.4. The van der Waals surface area contributed by atoms with Crippen molar-refractivity contribution in [3.8, 4) is 0 Å². The van der Waals surface area contributed by atoms with Gasteiger partial charge in [0.15, 0.2) is 0 Å². The van der Waals surface area contributed by atoms with Gasteiger partial charge in [-0.3, -0.25) is 0 Å². The van der Waals surface area contributed by atoms with Gasteiger partial charge in [-0.25, -0.2) is 9.18 Å². The number of rotatable bonds is 3. The molecule has 104 valence electrons. The number of benzene rings is 1. The number of nitrogen functional groups attached to an aromatic ring is 1. The Morgan fingerprint density at radius 1 is 1.42 bits per heavy atom. The minimum Gasteiger partial charge on any atom is -0.444 e. The van der Waals surface area contributed by atoms with Gasteiger partial charge in [0, 0.05) is 12.2 Å². The molecule has 19 heavy (non-hydrogen) atoms. The molecule has 0 saturated carbocycles. The molecule has 0 heterocycles. The van der Waals surface area contributed by atoms with Crippen molar-refractivity contribution in [1.82, 2.24) is 5.32 Å². The van der Waals surface area contributed by atoms with Crippen LogP contribution >= 0.6 is 0 Å². The van der Waals surface area contributed by atoms with E-state index in [0.29, 0.717) is 17.8 Å². The smallest absolute Gasteiger partial charge is 0.407 e. The highest BCUT2D eigenvalue weighted by Gasteiger charge is 2.14. The van der Waals surface area contributed by atoms with Crippen LogP contribution in [0.15, 0.2) is 24.3 Å². The average molecular weight is 266 g/mol. The van der Waals surface area contributed by atoms with Gasteiger partial charge >= 0.3 is 6.09 Å². The van der Waals surface area contributed by atoms with E-state index in [-0.39, 0.29) is 5.82 Å². The van der Waals surface area contributed by atoms with Crippen LogP contribution in [-0.4, -0.2) is 18.2 Å². The summed E-state index contributed by atoms with van der Waals surface area (Å²) in [6, 6.07) is 4.25. The molecule has 1 amide bonds. The van der Waals surface area contributed by atoms with E-state index in [4.69, 9.17) is 10.5 Å². The quantitative estimate of drug-likeness (QED) is 0.827. The Hall–Kier alpha value is -2.04. The number of carbonyl (C=O) groups excluding carboxylic acids is 1. The van der Waals surface area contributed by atoms with E-state index in [0.717, 1.165) is 0 Å². The van der Waals surface area contributed by atoms with Crippen molar-refractivity contribution in [1.29, 1.82) is 0 Å². The molecule has 0 bridgehead atoms. The number of halogens is 1. The third kappa shape index (κ3) is 6.45. The molecule has 0 aliphatic rings. The van der Waals surface area contributed by atoms with Gasteiger partial charge in [-0.1, -0.05) is 12.2 Å². The van der Waals surface area contributed by atoms with E-state index in [9.17, 15) is 9.18 Å². The number of carbonyl (C=O) groups is 1. The Balaban J connectivity index is 2.44. The van der Waals surface area contributed by atoms with Crippen molar-refractivity contribution in [2.75, 3.05) is 12.3 Å². The van der Waals surface area contributed by atoms with Crippen LogP contribution in [0.25, 0.3) is 6.08 Å². The SMILES string of the molecule is CC(C)(C)OC(=O)NCC=Cc1cc(N)cc(F)c1. The Labute approximate surface area is 112 Å². The average Bonchev–Trinajstić information content (AvgIpc) is 2.20. The van der Waals surface area contributed by atoms with Crippen molar-refractivity contribution in [2.24, 2.45) is 0 Å². The minimum absolute atomic E-state index is 0.297. The molecule has 0 saturated heterocycles. The predicted octanol–water partition coefficient (Wildman–Crippen LogP) is 2.95. The molecule has 0 fully saturated rings. The molecule has 3 N–H and O–H groups in total. The first-order chi connectivity index (χ1) is 8.76. The van der Waals surface area contributed by atoms with Crippen LogP contribution in [0.4, 0.5) is 14.9 Å². The number of anilines is 1. The van der Waals surface area contributed by atoms with E-state index < -0.39 is 11.7 Å². The van der Waals surface area contributed by atoms with E-state index in [1.54, 1.807) is 39.0 Å². The summed E-state index contributed by atoms with van der Waals surface area (Å²) in [7, 11) is 0. The summed E-state index contributed by atoms with van der Waals surface area (Å²) in [5.41, 5.74) is 6.00. The first-order valence-electron chi connectivity index (χ1n) is 5.96. The molecule has 0 aromatic heterocycles. The van der Waals surface area contributed by atoms with Crippen LogP contribution in [-0.2, 0) is 4.74 Å². The lowest BCUT2D eigenvalue weighted by Gasteiger charge is -2.19. The molecule has 1 aromatic carbocycles. The highest BCUT2D eigenvalue weighted by molar-refractivity contribution is 5.68. The van der Waals surface area contributed by atoms with Gasteiger partial charge in [0.25, 0.3) is 0 Å². The Morgan fingerprint density at radius 3 is 2.68 bits per heavy atom. The van der Waals surface area contributed by atoms with E-state index in [1.165, 1.54) is 12.1 Å². The van der Waals surface area contributed by atoms with E-state index in [2.05, 4.69) is 5.32 Å². The monoisotopic (exact) mass is 266 g/mol. The second-order valence-electron chi connectivity index (χ2n) is 5.10. The standard InChI is InChI=1S/C14H19FN2O2/c1-14(2,3)19-13(18)17-6-4-5-10-7-11(15)9-12(16)8-10/h4-5,7-9H,6,16H2,1-3H3,(H,17,18). The number of ether oxygens (including phenoxy) is 1. The number of hydrogen-bond acceptors (Lipinski definition) is 3. The number of alkyl carbamates (subject to hydrolysis) is 1. The van der Waals surface area contributed by atoms with E-state index >= 15 is 0 Å². The molecule has 1 aromatic rings. The van der Waals surface area contributed by atoms with Crippen molar-refractivity contribution < 1.29 is 13.9 Å². The molecular formula is C14H19FN2O2. The third-order valence-electron chi connectivity index (χ3n) is 2.02. The second kappa shape index (κ2) is 6.22. The maximum Gasteiger partial charge on any atom is 0.407 e. The second-order valence-corrected chi connectivity index (χ2v) is 5.10. The van der Waals surface area contributed by atoms with Crippen LogP contribution in [0.5, 0.6) is 0 Å². The fourth-order valence-electron chi connectivity index (χ4n) is 1.38. The highest BCUT2D eigenvalue weighted by atomic mass is 19.1. The molecule has 0 aliphatic carbocycles. The Kier molecular flexibility index (Phi) is 4.92. The fourth-order valence-corrected chi connectivity index (χ4v) is 1.38. The maximum atomic E-state index is 13.0. The number of amides is 1. The van der Waals surface area contributed by atoms with Gasteiger partial charge in [-0.2, -0.15) is 0 Å². The first-order valence-corrected chi connectivity index (χ1v) is 5.96. The summed E-state index contributed by atoms with van der Waals surface area (Å²) in [5.74, 6) is -0.389. The van der Waals surface area contributed by atoms with Gasteiger partial charge in [0.1, 0.15) is 11.4 Å². The summed E-state index contributed by atoms with van der Waals surface area (Å²) >= 11 is 0. The van der Waals surface area contributed by atoms with Gasteiger partial charge in [0.05, 0.1) is 0 Å². The third-order valence-corrected chi connectivity index (χ3v) is 2.02. The molecule has 4 nitrogen and oxygen atoms in total. The van der Waals surface area contributed by atoms with Crippen LogP contribution in [0.2, 0.25) is 0 Å². The number of hydrogen-bond donors (Lipinski definition) is 2. The number of nitrogens with two attached hydrogens (primary N) is 1. The summed E-state index contributed by atoms with van der Waals surface area (Å²) in [6.45, 7) is 5.67. The number of nitrogens with one attached hydrogen (secondary N) is 1. The zero-order chi connectivity index (χ0) is 14.5. The van der Waals surface area contributed by atoms with Crippen LogP contribution in [0, 0.1) is 5.82 Å². The molecule has 0 radical (unpaired) electrons. The first kappa shape index (κ1) is 15.0. The molecule has 0 atom stereocenters. The van der Waals surface area contributed by atoms with Gasteiger partial charge in [-0.05, 0) is 44.5 Å². The van der Waals surface area contributed by atoms with Crippen molar-refractivity contribution in [3.05, 3.63) is 35.7 Å². The van der Waals surface area contributed by atoms with Crippen molar-refractivity contribution in [3.63, 3.8) is 0 Å². The Morgan fingerprint density at radius 2 is 2.11 bits per heavy atom. The van der Waals surface area contributed by atoms with Gasteiger partial charge in [0.2, 0.25) is 0 Å². The normalized spacial score (nSPS) is 11.6. The van der Waals surface area contributed by atoms with Crippen LogP contribution < -0.4 is 11.1 Å². The summed E-state index contributed by atoms with van der Waals surface area (Å²) in [5, 5.41) is 2.57. The largest absolute Gasteiger partial charge is 0.444 e. The van der Waals surface area contributed by atoms with Crippen LogP contribution in [0.3, 0.4) is 0 Å². The summed E-state index contributed by atoms with van der Waals surface area (Å²) < 4.78 is 18.1. The molecular weight excluding hydrogens is 247 g/mol. The molecule has 1 rings (SSSR count). The lowest BCUT2D eigenvalue weighted by molar-refractivity contribution is 0.0534. The molecule has 0 aliphatic heterocycles. The predicted molar refractivity (Wildman–Crippen MR) is 74.1 cm³/mol. The molecule has 0 unspecified atom stereocenters. The summed E-state index contributed by atoms with van der Waals surface area (Å²) in [4.78, 5) is 11.3. The lowest BCUT2D eigenvalue weighted by Crippen LogP contribution is -2.32. The zero-order valence-corrected chi connectivity index (χ0v) is 11.4. The van der Waals surface area contributed by atoms with E-state index in [1.807, 2.05) is 0 Å². The lowest BCUT2D eigenvalue weighted by atomic mass is 10.2. The van der Waals surface area contributed by atoms with Gasteiger partial charge < -0.3 is 15.8 Å². The molecule has 0 spiro atoms. The van der Waals surface area contributed by atoms with Crippen LogP contribution in [0.1, 0.15) is 26.3 Å². The summed E-state index contributed by atoms with van der Waals surface area (Å²) in [6.07, 6.45) is 2.88. The highest BCUT2D eigenvalue weighted by Crippen LogP contribution is 2.12. The fraction of sp³-hybridized carbons (Fsp3) is 0.357. The van der Waals surface area contributed by atoms with Crippen molar-refractivity contribution >= 4 is 17.9 Å². The maximum absolute atomic E-state index is 13.0. The van der Waals surface area contributed by atoms with Crippen molar-refractivity contribution in [2.45, 2.75) is 26.4 Å². The Bertz CT molecular complexity index is 459. The minimum atomic E-state index is -0.523.